The summed E-state index contributed by atoms with van der Waals surface area (Å²) < 4.78 is 5.16. The molecule has 0 unspecified atom stereocenters. The number of hydrogen-bond donors (Lipinski definition) is 2. The number of carbonyl (C=O) groups is 3. The van der Waals surface area contributed by atoms with Crippen LogP contribution in [-0.4, -0.2) is 41.2 Å². The lowest BCUT2D eigenvalue weighted by Gasteiger charge is -2.23. The number of hydrogen-bond acceptors (Lipinski definition) is 4. The molecule has 2 N–H and O–H groups in total. The number of nitrogens with zero attached hydrogens (tertiary/aromatic N) is 1. The Labute approximate surface area is 156 Å². The summed E-state index contributed by atoms with van der Waals surface area (Å²) >= 11 is 0. The van der Waals surface area contributed by atoms with E-state index in [2.05, 4.69) is 10.6 Å². The number of benzene rings is 1. The smallest absolute Gasteiger partial charge is 0.290 e. The van der Waals surface area contributed by atoms with Crippen LogP contribution in [0.1, 0.15) is 46.6 Å². The van der Waals surface area contributed by atoms with Crippen molar-refractivity contribution in [3.63, 3.8) is 0 Å². The fourth-order valence-corrected chi connectivity index (χ4v) is 3.25. The normalized spacial score (nSPS) is 19.0. The second-order valence-electron chi connectivity index (χ2n) is 6.95. The first-order valence-electron chi connectivity index (χ1n) is 9.18. The van der Waals surface area contributed by atoms with Crippen molar-refractivity contribution in [2.24, 2.45) is 0 Å². The monoisotopic (exact) mass is 367 g/mol. The first-order valence-corrected chi connectivity index (χ1v) is 9.18. The molecule has 0 radical (unpaired) electrons. The summed E-state index contributed by atoms with van der Waals surface area (Å²) in [5.74, 6) is -0.366. The molecule has 2 aromatic rings. The van der Waals surface area contributed by atoms with E-state index >= 15 is 0 Å². The molecule has 7 heteroatoms. The van der Waals surface area contributed by atoms with E-state index in [0.29, 0.717) is 30.3 Å². The van der Waals surface area contributed by atoms with Crippen LogP contribution in [0.5, 0.6) is 0 Å². The summed E-state index contributed by atoms with van der Waals surface area (Å²) in [5, 5.41) is 5.77. The molecule has 7 nitrogen and oxygen atoms in total. The Bertz CT molecular complexity index is 841. The minimum atomic E-state index is -0.527. The molecule has 2 fully saturated rings. The molecule has 0 bridgehead atoms. The lowest BCUT2D eigenvalue weighted by molar-refractivity contribution is -0.119. The topological polar surface area (TPSA) is 91.7 Å². The van der Waals surface area contributed by atoms with Crippen molar-refractivity contribution in [1.82, 2.24) is 10.2 Å². The van der Waals surface area contributed by atoms with Crippen LogP contribution >= 0.6 is 0 Å². The highest BCUT2D eigenvalue weighted by molar-refractivity contribution is 6.01. The Morgan fingerprint density at radius 1 is 1.04 bits per heavy atom. The van der Waals surface area contributed by atoms with E-state index in [1.807, 2.05) is 0 Å². The average molecular weight is 367 g/mol. The molecule has 4 rings (SSSR count). The number of likely N-dealkylation sites (tertiary alicyclic amines) is 1. The van der Waals surface area contributed by atoms with Gasteiger partial charge in [-0.25, -0.2) is 0 Å². The van der Waals surface area contributed by atoms with E-state index in [-0.39, 0.29) is 23.5 Å². The van der Waals surface area contributed by atoms with Crippen molar-refractivity contribution in [3.05, 3.63) is 54.0 Å². The maximum atomic E-state index is 12.7. The van der Waals surface area contributed by atoms with Gasteiger partial charge in [-0.2, -0.15) is 0 Å². The van der Waals surface area contributed by atoms with E-state index < -0.39 is 6.04 Å². The standard InChI is InChI=1S/C20H21N3O4/c24-18(21-15-9-10-15)13-5-7-14(8-6-13)22-19(25)16-3-1-11-23(16)20(26)17-4-2-12-27-17/h2,4-8,12,15-16H,1,3,9-11H2,(H,21,24)(H,22,25)/t16-/m1/s1. The highest BCUT2D eigenvalue weighted by Crippen LogP contribution is 2.23. The predicted molar refractivity (Wildman–Crippen MR) is 98.3 cm³/mol. The Kier molecular flexibility index (Phi) is 4.66. The predicted octanol–water partition coefficient (Wildman–Crippen LogP) is 2.42. The first-order chi connectivity index (χ1) is 13.1. The maximum absolute atomic E-state index is 12.7. The SMILES string of the molecule is O=C(NC1CC1)c1ccc(NC(=O)[C@H]2CCCN2C(=O)c2ccco2)cc1. The van der Waals surface area contributed by atoms with Crippen LogP contribution in [0.4, 0.5) is 5.69 Å². The number of nitrogens with one attached hydrogen (secondary N) is 2. The van der Waals surface area contributed by atoms with Crippen molar-refractivity contribution in [1.29, 1.82) is 0 Å². The number of anilines is 1. The van der Waals surface area contributed by atoms with Crippen LogP contribution in [0.15, 0.2) is 47.1 Å². The van der Waals surface area contributed by atoms with Gasteiger partial charge in [-0.15, -0.1) is 0 Å². The third-order valence-electron chi connectivity index (χ3n) is 4.88. The zero-order chi connectivity index (χ0) is 18.8. The fraction of sp³-hybridized carbons (Fsp3) is 0.350. The van der Waals surface area contributed by atoms with Gasteiger partial charge in [0.15, 0.2) is 5.76 Å². The first kappa shape index (κ1) is 17.3. The molecule has 140 valence electrons. The van der Waals surface area contributed by atoms with Gasteiger partial charge in [0.2, 0.25) is 5.91 Å². The number of furan rings is 1. The summed E-state index contributed by atoms with van der Waals surface area (Å²) in [5.41, 5.74) is 1.16. The summed E-state index contributed by atoms with van der Waals surface area (Å²) in [7, 11) is 0. The van der Waals surface area contributed by atoms with Crippen molar-refractivity contribution in [2.75, 3.05) is 11.9 Å². The summed E-state index contributed by atoms with van der Waals surface area (Å²) in [4.78, 5) is 38.7. The van der Waals surface area contributed by atoms with E-state index in [0.717, 1.165) is 19.3 Å². The van der Waals surface area contributed by atoms with E-state index in [1.165, 1.54) is 6.26 Å². The maximum Gasteiger partial charge on any atom is 0.290 e. The highest BCUT2D eigenvalue weighted by Gasteiger charge is 2.35. The van der Waals surface area contributed by atoms with E-state index in [4.69, 9.17) is 4.42 Å². The minimum Gasteiger partial charge on any atom is -0.459 e. The lowest BCUT2D eigenvalue weighted by Crippen LogP contribution is -2.43. The van der Waals surface area contributed by atoms with E-state index in [1.54, 1.807) is 41.3 Å². The molecule has 1 saturated heterocycles. The Balaban J connectivity index is 1.39. The van der Waals surface area contributed by atoms with Gasteiger partial charge in [0.25, 0.3) is 11.8 Å². The van der Waals surface area contributed by atoms with Crippen LogP contribution < -0.4 is 10.6 Å². The molecule has 2 aliphatic rings. The molecule has 1 saturated carbocycles. The molecule has 1 aliphatic heterocycles. The number of carbonyl (C=O) groups excluding carboxylic acids is 3. The van der Waals surface area contributed by atoms with Crippen LogP contribution in [0.2, 0.25) is 0 Å². The number of amides is 3. The molecule has 2 heterocycles. The molecule has 1 aromatic carbocycles. The third kappa shape index (κ3) is 3.86. The minimum absolute atomic E-state index is 0.0959. The third-order valence-corrected chi connectivity index (χ3v) is 4.88. The van der Waals surface area contributed by atoms with Gasteiger partial charge in [0.1, 0.15) is 6.04 Å². The highest BCUT2D eigenvalue weighted by atomic mass is 16.3. The van der Waals surface area contributed by atoms with Gasteiger partial charge >= 0.3 is 0 Å². The molecule has 0 spiro atoms. The summed E-state index contributed by atoms with van der Waals surface area (Å²) in [6, 6.07) is 9.81. The zero-order valence-corrected chi connectivity index (χ0v) is 14.8. The fourth-order valence-electron chi connectivity index (χ4n) is 3.25. The molecule has 1 aromatic heterocycles. The van der Waals surface area contributed by atoms with E-state index in [9.17, 15) is 14.4 Å². The Morgan fingerprint density at radius 3 is 2.48 bits per heavy atom. The molecule has 1 aliphatic carbocycles. The second-order valence-corrected chi connectivity index (χ2v) is 6.95. The van der Waals surface area contributed by atoms with Gasteiger partial charge in [0, 0.05) is 23.8 Å². The van der Waals surface area contributed by atoms with Crippen molar-refractivity contribution in [3.8, 4) is 0 Å². The van der Waals surface area contributed by atoms with Gasteiger partial charge < -0.3 is 20.0 Å². The van der Waals surface area contributed by atoms with Gasteiger partial charge in [-0.05, 0) is 62.1 Å². The van der Waals surface area contributed by atoms with Gasteiger partial charge in [-0.1, -0.05) is 0 Å². The lowest BCUT2D eigenvalue weighted by atomic mass is 10.1. The van der Waals surface area contributed by atoms with Gasteiger partial charge in [-0.3, -0.25) is 14.4 Å². The van der Waals surface area contributed by atoms with Crippen LogP contribution in [-0.2, 0) is 4.79 Å². The second kappa shape index (κ2) is 7.26. The molecular weight excluding hydrogens is 346 g/mol. The summed E-state index contributed by atoms with van der Waals surface area (Å²) in [6.07, 6.45) is 4.90. The van der Waals surface area contributed by atoms with Crippen LogP contribution in [0.3, 0.4) is 0 Å². The van der Waals surface area contributed by atoms with Gasteiger partial charge in [0.05, 0.1) is 6.26 Å². The summed E-state index contributed by atoms with van der Waals surface area (Å²) in [6.45, 7) is 0.526. The van der Waals surface area contributed by atoms with Crippen LogP contribution in [0.25, 0.3) is 0 Å². The quantitative estimate of drug-likeness (QED) is 0.849. The largest absolute Gasteiger partial charge is 0.459 e. The number of rotatable bonds is 5. The van der Waals surface area contributed by atoms with Crippen molar-refractivity contribution >= 4 is 23.4 Å². The Hall–Kier alpha value is -3.09. The zero-order valence-electron chi connectivity index (χ0n) is 14.8. The van der Waals surface area contributed by atoms with Crippen molar-refractivity contribution < 1.29 is 18.8 Å². The molecule has 27 heavy (non-hydrogen) atoms. The van der Waals surface area contributed by atoms with Crippen molar-refractivity contribution in [2.45, 2.75) is 37.8 Å². The van der Waals surface area contributed by atoms with Crippen LogP contribution in [0, 0.1) is 0 Å². The average Bonchev–Trinajstić information content (AvgIpc) is 3.16. The molecular formula is C20H21N3O4. The molecule has 3 amide bonds. The Morgan fingerprint density at radius 2 is 1.81 bits per heavy atom. The molecule has 1 atom stereocenters.